The van der Waals surface area contributed by atoms with E-state index in [1.165, 1.54) is 25.7 Å². The van der Waals surface area contributed by atoms with E-state index in [1.807, 2.05) is 37.4 Å². The summed E-state index contributed by atoms with van der Waals surface area (Å²) in [7, 11) is 1.89. The molecule has 4 aromatic rings. The molecule has 2 heterocycles. The van der Waals surface area contributed by atoms with Gasteiger partial charge in [-0.2, -0.15) is 0 Å². The van der Waals surface area contributed by atoms with Crippen LogP contribution < -0.4 is 15.4 Å². The zero-order chi connectivity index (χ0) is 28.1. The predicted octanol–water partition coefficient (Wildman–Crippen LogP) is 6.03. The van der Waals surface area contributed by atoms with Crippen LogP contribution in [0.3, 0.4) is 0 Å². The van der Waals surface area contributed by atoms with Gasteiger partial charge in [0, 0.05) is 47.2 Å². The maximum atomic E-state index is 13.3. The monoisotopic (exact) mass is 545 g/mol. The number of carbonyl (C=O) groups excluding carboxylic acids is 1. The van der Waals surface area contributed by atoms with Crippen LogP contribution in [-0.2, 0) is 4.74 Å². The van der Waals surface area contributed by atoms with Gasteiger partial charge >= 0.3 is 5.97 Å². The first-order valence-corrected chi connectivity index (χ1v) is 14.3. The molecule has 1 atom stereocenters. The SMILES string of the molecule is CCOC(=O)c1c(C)oc2c1c(C(NCCNC)c1ccncc1)c(O)c1ccc(OCCC3CCCC3)cc12. The maximum absolute atomic E-state index is 13.3. The predicted molar refractivity (Wildman–Crippen MR) is 156 cm³/mol. The Morgan fingerprint density at radius 3 is 2.65 bits per heavy atom. The first kappa shape index (κ1) is 27.9. The number of nitrogens with zero attached hydrogens (tertiary/aromatic N) is 1. The van der Waals surface area contributed by atoms with Crippen LogP contribution in [-0.4, -0.2) is 49.4 Å². The first-order chi connectivity index (χ1) is 19.5. The molecule has 0 bridgehead atoms. The van der Waals surface area contributed by atoms with Crippen molar-refractivity contribution >= 4 is 27.7 Å². The van der Waals surface area contributed by atoms with Gasteiger partial charge in [0.1, 0.15) is 28.4 Å². The molecule has 40 heavy (non-hydrogen) atoms. The van der Waals surface area contributed by atoms with Gasteiger partial charge in [-0.25, -0.2) is 4.79 Å². The number of pyridine rings is 1. The van der Waals surface area contributed by atoms with Gasteiger partial charge < -0.3 is 29.6 Å². The molecular weight excluding hydrogens is 506 g/mol. The highest BCUT2D eigenvalue weighted by Crippen LogP contribution is 2.46. The molecule has 3 N–H and O–H groups in total. The summed E-state index contributed by atoms with van der Waals surface area (Å²) < 4.78 is 17.9. The van der Waals surface area contributed by atoms with Gasteiger partial charge in [0.25, 0.3) is 0 Å². The number of aryl methyl sites for hydroxylation is 1. The van der Waals surface area contributed by atoms with Crippen molar-refractivity contribution in [2.75, 3.05) is 33.4 Å². The van der Waals surface area contributed by atoms with Crippen molar-refractivity contribution < 1.29 is 23.8 Å². The number of benzene rings is 2. The van der Waals surface area contributed by atoms with Gasteiger partial charge in [0.2, 0.25) is 0 Å². The van der Waals surface area contributed by atoms with Crippen molar-refractivity contribution in [3.05, 3.63) is 65.2 Å². The summed E-state index contributed by atoms with van der Waals surface area (Å²) in [4.78, 5) is 17.4. The standard InChI is InChI=1S/C32H39N3O5/c1-4-38-32(37)26-20(2)40-31-25-19-23(39-18-13-21-7-5-6-8-21)9-10-24(25)30(36)28(27(26)31)29(35-17-16-33-3)22-11-14-34-15-12-22/h9-12,14-15,19,21,29,33,35-36H,4-8,13,16-18H2,1-3H3. The zero-order valence-corrected chi connectivity index (χ0v) is 23.6. The molecule has 8 nitrogen and oxygen atoms in total. The molecule has 1 fully saturated rings. The van der Waals surface area contributed by atoms with E-state index in [1.54, 1.807) is 26.2 Å². The summed E-state index contributed by atoms with van der Waals surface area (Å²) in [6, 6.07) is 9.05. The lowest BCUT2D eigenvalue weighted by Crippen LogP contribution is -2.29. The van der Waals surface area contributed by atoms with E-state index in [-0.39, 0.29) is 12.4 Å². The number of phenols is 1. The van der Waals surface area contributed by atoms with E-state index < -0.39 is 12.0 Å². The van der Waals surface area contributed by atoms with E-state index in [4.69, 9.17) is 13.9 Å². The molecule has 0 aliphatic heterocycles. The van der Waals surface area contributed by atoms with Crippen LogP contribution in [0.4, 0.5) is 0 Å². The van der Waals surface area contributed by atoms with Crippen LogP contribution in [0.1, 0.15) is 72.3 Å². The molecule has 1 aliphatic carbocycles. The molecule has 8 heteroatoms. The number of nitrogens with one attached hydrogen (secondary N) is 2. The molecule has 0 saturated heterocycles. The van der Waals surface area contributed by atoms with Crippen LogP contribution >= 0.6 is 0 Å². The molecule has 5 rings (SSSR count). The third kappa shape index (κ3) is 5.64. The van der Waals surface area contributed by atoms with E-state index in [0.717, 1.165) is 24.4 Å². The quantitative estimate of drug-likeness (QED) is 0.146. The Morgan fingerprint density at radius 2 is 1.93 bits per heavy atom. The van der Waals surface area contributed by atoms with Crippen LogP contribution in [0.2, 0.25) is 0 Å². The van der Waals surface area contributed by atoms with Gasteiger partial charge in [-0.15, -0.1) is 0 Å². The molecule has 212 valence electrons. The lowest BCUT2D eigenvalue weighted by atomic mass is 9.90. The molecule has 1 saturated carbocycles. The summed E-state index contributed by atoms with van der Waals surface area (Å²) in [6.45, 7) is 5.76. The Hall–Kier alpha value is -3.62. The minimum Gasteiger partial charge on any atom is -0.507 e. The fraction of sp³-hybridized carbons (Fsp3) is 0.438. The average molecular weight is 546 g/mol. The van der Waals surface area contributed by atoms with Gasteiger partial charge in [-0.1, -0.05) is 25.7 Å². The number of furan rings is 1. The minimum absolute atomic E-state index is 0.0881. The number of ether oxygens (including phenoxy) is 2. The van der Waals surface area contributed by atoms with Gasteiger partial charge in [-0.3, -0.25) is 4.98 Å². The molecule has 0 amide bonds. The minimum atomic E-state index is -0.480. The molecular formula is C32H39N3O5. The number of aromatic hydroxyl groups is 1. The molecule has 2 aromatic carbocycles. The second-order valence-electron chi connectivity index (χ2n) is 10.5. The second-order valence-corrected chi connectivity index (χ2v) is 10.5. The molecule has 0 spiro atoms. The first-order valence-electron chi connectivity index (χ1n) is 14.3. The zero-order valence-electron chi connectivity index (χ0n) is 23.6. The summed E-state index contributed by atoms with van der Waals surface area (Å²) in [6.07, 6.45) is 9.66. The third-order valence-corrected chi connectivity index (χ3v) is 7.90. The molecule has 1 aliphatic rings. The second kappa shape index (κ2) is 12.7. The van der Waals surface area contributed by atoms with Crippen LogP contribution in [0.25, 0.3) is 21.7 Å². The van der Waals surface area contributed by atoms with E-state index in [2.05, 4.69) is 15.6 Å². The van der Waals surface area contributed by atoms with E-state index >= 15 is 0 Å². The highest BCUT2D eigenvalue weighted by molar-refractivity contribution is 6.17. The fourth-order valence-corrected chi connectivity index (χ4v) is 5.92. The summed E-state index contributed by atoms with van der Waals surface area (Å²) in [5, 5.41) is 20.5. The van der Waals surface area contributed by atoms with Crippen molar-refractivity contribution in [1.82, 2.24) is 15.6 Å². The Balaban J connectivity index is 1.67. The van der Waals surface area contributed by atoms with Crippen molar-refractivity contribution in [3.63, 3.8) is 0 Å². The fourth-order valence-electron chi connectivity index (χ4n) is 5.92. The highest BCUT2D eigenvalue weighted by atomic mass is 16.5. The Bertz CT molecular complexity index is 1460. The number of fused-ring (bicyclic) bond motifs is 3. The highest BCUT2D eigenvalue weighted by Gasteiger charge is 2.31. The number of aromatic nitrogens is 1. The largest absolute Gasteiger partial charge is 0.507 e. The number of hydrogen-bond acceptors (Lipinski definition) is 8. The summed E-state index contributed by atoms with van der Waals surface area (Å²) >= 11 is 0. The van der Waals surface area contributed by atoms with E-state index in [0.29, 0.717) is 57.5 Å². The number of rotatable bonds is 12. The number of carbonyl (C=O) groups is 1. The van der Waals surface area contributed by atoms with Crippen LogP contribution in [0, 0.1) is 12.8 Å². The van der Waals surface area contributed by atoms with Crippen molar-refractivity contribution in [1.29, 1.82) is 0 Å². The van der Waals surface area contributed by atoms with Crippen molar-refractivity contribution in [3.8, 4) is 11.5 Å². The van der Waals surface area contributed by atoms with Gasteiger partial charge in [0.15, 0.2) is 0 Å². The van der Waals surface area contributed by atoms with E-state index in [9.17, 15) is 9.90 Å². The van der Waals surface area contributed by atoms with Gasteiger partial charge in [0.05, 0.1) is 19.3 Å². The average Bonchev–Trinajstić information content (AvgIpc) is 3.60. The molecule has 1 unspecified atom stereocenters. The van der Waals surface area contributed by atoms with Crippen LogP contribution in [0.15, 0.2) is 47.1 Å². The summed E-state index contributed by atoms with van der Waals surface area (Å²) in [5.74, 6) is 1.50. The Labute approximate surface area is 235 Å². The van der Waals surface area contributed by atoms with Crippen molar-refractivity contribution in [2.24, 2.45) is 5.92 Å². The van der Waals surface area contributed by atoms with Gasteiger partial charge in [-0.05, 0) is 69.1 Å². The van der Waals surface area contributed by atoms with Crippen LogP contribution in [0.5, 0.6) is 11.5 Å². The maximum Gasteiger partial charge on any atom is 0.342 e. The number of esters is 1. The topological polar surface area (TPSA) is 106 Å². The lowest BCUT2D eigenvalue weighted by molar-refractivity contribution is 0.0526. The number of hydrogen-bond donors (Lipinski definition) is 3. The Morgan fingerprint density at radius 1 is 1.15 bits per heavy atom. The number of likely N-dealkylation sites (N-methyl/N-ethyl adjacent to an activating group) is 1. The number of phenolic OH excluding ortho intramolecular Hbond substituents is 1. The molecule has 2 aromatic heterocycles. The molecule has 0 radical (unpaired) electrons. The lowest BCUT2D eigenvalue weighted by Gasteiger charge is -2.23. The third-order valence-electron chi connectivity index (χ3n) is 7.90. The summed E-state index contributed by atoms with van der Waals surface area (Å²) in [5.41, 5.74) is 2.33. The Kier molecular flexibility index (Phi) is 8.87. The smallest absolute Gasteiger partial charge is 0.342 e. The normalized spacial score (nSPS) is 14.7. The van der Waals surface area contributed by atoms with Crippen molar-refractivity contribution in [2.45, 2.75) is 52.0 Å².